The standard InChI is InChI=1S/C13H8N4O4S/c1-7-12(19)22-13-14-10(11(18)16(13)15-7)6-8-2-4-9(5-3-8)17(20)21/h2-6H,1H3/b10-6+. The Hall–Kier alpha value is -2.81. The fraction of sp³-hybridized carbons (Fsp3) is 0.0769. The molecule has 0 unspecified atom stereocenters. The zero-order valence-corrected chi connectivity index (χ0v) is 12.0. The molecule has 0 atom stereocenters. The molecule has 1 aromatic carbocycles. The monoisotopic (exact) mass is 316 g/mol. The Bertz CT molecular complexity index is 795. The number of carbonyl (C=O) groups excluding carboxylic acids is 2. The lowest BCUT2D eigenvalue weighted by molar-refractivity contribution is -0.384. The second-order valence-corrected chi connectivity index (χ2v) is 5.40. The molecule has 8 nitrogen and oxygen atoms in total. The van der Waals surface area contributed by atoms with Gasteiger partial charge in [0, 0.05) is 12.1 Å². The van der Waals surface area contributed by atoms with Gasteiger partial charge in [0.1, 0.15) is 11.4 Å². The Kier molecular flexibility index (Phi) is 3.33. The lowest BCUT2D eigenvalue weighted by Gasteiger charge is -2.15. The van der Waals surface area contributed by atoms with Gasteiger partial charge < -0.3 is 0 Å². The zero-order chi connectivity index (χ0) is 15.9. The summed E-state index contributed by atoms with van der Waals surface area (Å²) in [6.07, 6.45) is 1.49. The van der Waals surface area contributed by atoms with E-state index >= 15 is 0 Å². The SMILES string of the molecule is CC1=NN2C(=O)/C(=C\c3ccc([N+](=O)[O-])cc3)N=C2SC1=O. The van der Waals surface area contributed by atoms with E-state index in [1.165, 1.54) is 37.3 Å². The predicted molar refractivity (Wildman–Crippen MR) is 81.1 cm³/mol. The first-order valence-electron chi connectivity index (χ1n) is 6.12. The first-order chi connectivity index (χ1) is 10.5. The summed E-state index contributed by atoms with van der Waals surface area (Å²) in [5.74, 6) is -0.437. The van der Waals surface area contributed by atoms with Crippen LogP contribution in [-0.4, -0.2) is 31.8 Å². The van der Waals surface area contributed by atoms with Crippen molar-refractivity contribution in [1.29, 1.82) is 0 Å². The summed E-state index contributed by atoms with van der Waals surface area (Å²) in [4.78, 5) is 37.9. The van der Waals surface area contributed by atoms with Crippen LogP contribution in [0.2, 0.25) is 0 Å². The van der Waals surface area contributed by atoms with E-state index in [4.69, 9.17) is 0 Å². The molecule has 0 radical (unpaired) electrons. The molecule has 0 bridgehead atoms. The van der Waals surface area contributed by atoms with Gasteiger partial charge in [-0.05, 0) is 42.5 Å². The molecule has 0 saturated heterocycles. The average molecular weight is 316 g/mol. The fourth-order valence-electron chi connectivity index (χ4n) is 1.84. The van der Waals surface area contributed by atoms with Crippen molar-refractivity contribution in [3.8, 4) is 0 Å². The summed E-state index contributed by atoms with van der Waals surface area (Å²) in [5, 5.41) is 15.6. The normalized spacial score (nSPS) is 19.1. The van der Waals surface area contributed by atoms with E-state index in [1.807, 2.05) is 0 Å². The number of amides is 1. The Morgan fingerprint density at radius 1 is 1.27 bits per heavy atom. The van der Waals surface area contributed by atoms with Gasteiger partial charge in [-0.2, -0.15) is 10.1 Å². The van der Waals surface area contributed by atoms with Crippen molar-refractivity contribution in [1.82, 2.24) is 5.01 Å². The van der Waals surface area contributed by atoms with E-state index in [9.17, 15) is 19.7 Å². The van der Waals surface area contributed by atoms with Crippen LogP contribution >= 0.6 is 11.8 Å². The number of carbonyl (C=O) groups is 2. The molecule has 0 aromatic heterocycles. The minimum absolute atomic E-state index is 0.0370. The number of benzene rings is 1. The smallest absolute Gasteiger partial charge is 0.280 e. The molecule has 2 heterocycles. The number of hydrogen-bond acceptors (Lipinski definition) is 7. The third-order valence-corrected chi connectivity index (χ3v) is 3.87. The number of nitro benzene ring substituents is 1. The van der Waals surface area contributed by atoms with Crippen molar-refractivity contribution in [2.45, 2.75) is 6.92 Å². The maximum Gasteiger partial charge on any atom is 0.299 e. The largest absolute Gasteiger partial charge is 0.299 e. The van der Waals surface area contributed by atoms with Gasteiger partial charge in [-0.25, -0.2) is 4.99 Å². The fourth-order valence-corrected chi connectivity index (χ4v) is 2.55. The number of thioether (sulfide) groups is 1. The summed E-state index contributed by atoms with van der Waals surface area (Å²) in [6.45, 7) is 1.53. The van der Waals surface area contributed by atoms with Gasteiger partial charge in [0.2, 0.25) is 10.3 Å². The average Bonchev–Trinajstić information content (AvgIpc) is 2.77. The molecular formula is C13H8N4O4S. The second kappa shape index (κ2) is 5.19. The highest BCUT2D eigenvalue weighted by molar-refractivity contribution is 8.27. The van der Waals surface area contributed by atoms with E-state index in [0.717, 1.165) is 16.8 Å². The third-order valence-electron chi connectivity index (χ3n) is 2.95. The van der Waals surface area contributed by atoms with Crippen LogP contribution in [0.5, 0.6) is 0 Å². The molecule has 9 heteroatoms. The quantitative estimate of drug-likeness (QED) is 0.470. The van der Waals surface area contributed by atoms with Crippen LogP contribution < -0.4 is 0 Å². The molecule has 22 heavy (non-hydrogen) atoms. The Labute approximate surface area is 128 Å². The van der Waals surface area contributed by atoms with Crippen LogP contribution in [0.4, 0.5) is 5.69 Å². The number of nitrogens with zero attached hydrogens (tertiary/aromatic N) is 4. The van der Waals surface area contributed by atoms with Crippen molar-refractivity contribution in [3.05, 3.63) is 45.6 Å². The van der Waals surface area contributed by atoms with Crippen molar-refractivity contribution in [2.75, 3.05) is 0 Å². The Morgan fingerprint density at radius 2 is 1.95 bits per heavy atom. The molecule has 2 aliphatic rings. The molecule has 0 spiro atoms. The van der Waals surface area contributed by atoms with E-state index in [1.54, 1.807) is 0 Å². The summed E-state index contributed by atoms with van der Waals surface area (Å²) in [6, 6.07) is 5.71. The first kappa shape index (κ1) is 14.1. The van der Waals surface area contributed by atoms with Gasteiger partial charge >= 0.3 is 0 Å². The highest BCUT2D eigenvalue weighted by Crippen LogP contribution is 2.28. The molecule has 0 aliphatic carbocycles. The highest BCUT2D eigenvalue weighted by atomic mass is 32.2. The van der Waals surface area contributed by atoms with Crippen molar-refractivity contribution in [3.63, 3.8) is 0 Å². The van der Waals surface area contributed by atoms with Crippen LogP contribution in [0.15, 0.2) is 40.1 Å². The van der Waals surface area contributed by atoms with Crippen LogP contribution in [0.3, 0.4) is 0 Å². The number of hydrogen-bond donors (Lipinski definition) is 0. The summed E-state index contributed by atoms with van der Waals surface area (Å²) in [5.41, 5.74) is 0.914. The van der Waals surface area contributed by atoms with Crippen molar-refractivity contribution < 1.29 is 14.5 Å². The van der Waals surface area contributed by atoms with Gasteiger partial charge in [0.25, 0.3) is 11.6 Å². The molecule has 3 rings (SSSR count). The zero-order valence-electron chi connectivity index (χ0n) is 11.2. The third kappa shape index (κ3) is 2.42. The summed E-state index contributed by atoms with van der Waals surface area (Å²) < 4.78 is 0. The molecule has 0 saturated carbocycles. The van der Waals surface area contributed by atoms with Gasteiger partial charge in [0.05, 0.1) is 4.92 Å². The Morgan fingerprint density at radius 3 is 2.59 bits per heavy atom. The van der Waals surface area contributed by atoms with Gasteiger partial charge in [-0.3, -0.25) is 19.7 Å². The molecule has 2 aliphatic heterocycles. The van der Waals surface area contributed by atoms with E-state index in [0.29, 0.717) is 5.56 Å². The van der Waals surface area contributed by atoms with Crippen molar-refractivity contribution >= 4 is 45.4 Å². The van der Waals surface area contributed by atoms with Crippen LogP contribution in [-0.2, 0) is 9.59 Å². The number of non-ortho nitro benzene ring substituents is 1. The molecular weight excluding hydrogens is 308 g/mol. The number of rotatable bonds is 2. The topological polar surface area (TPSA) is 105 Å². The van der Waals surface area contributed by atoms with Crippen LogP contribution in [0.25, 0.3) is 6.08 Å². The number of nitro groups is 1. The van der Waals surface area contributed by atoms with Gasteiger partial charge in [-0.1, -0.05) is 0 Å². The second-order valence-electron chi connectivity index (χ2n) is 4.46. The minimum atomic E-state index is -0.502. The molecule has 1 amide bonds. The Balaban J connectivity index is 1.92. The lowest BCUT2D eigenvalue weighted by Crippen LogP contribution is -2.32. The highest BCUT2D eigenvalue weighted by Gasteiger charge is 2.36. The first-order valence-corrected chi connectivity index (χ1v) is 6.94. The maximum absolute atomic E-state index is 12.2. The summed E-state index contributed by atoms with van der Waals surface area (Å²) >= 11 is 0.845. The van der Waals surface area contributed by atoms with Crippen LogP contribution in [0.1, 0.15) is 12.5 Å². The predicted octanol–water partition coefficient (Wildman–Crippen LogP) is 1.78. The van der Waals surface area contributed by atoms with Gasteiger partial charge in [0.15, 0.2) is 0 Å². The lowest BCUT2D eigenvalue weighted by atomic mass is 10.2. The van der Waals surface area contributed by atoms with Crippen LogP contribution in [0, 0.1) is 10.1 Å². The van der Waals surface area contributed by atoms with Gasteiger partial charge in [-0.15, -0.1) is 0 Å². The number of aliphatic imine (C=N–C) groups is 1. The van der Waals surface area contributed by atoms with E-state index < -0.39 is 10.8 Å². The molecule has 0 fully saturated rings. The minimum Gasteiger partial charge on any atom is -0.280 e. The number of hydrazone groups is 1. The number of fused-ring (bicyclic) bond motifs is 1. The molecule has 1 aromatic rings. The van der Waals surface area contributed by atoms with Crippen molar-refractivity contribution in [2.24, 2.45) is 10.1 Å². The molecule has 110 valence electrons. The maximum atomic E-state index is 12.2. The summed E-state index contributed by atoms with van der Waals surface area (Å²) in [7, 11) is 0. The van der Waals surface area contributed by atoms with E-state index in [2.05, 4.69) is 10.1 Å². The van der Waals surface area contributed by atoms with E-state index in [-0.39, 0.29) is 27.4 Å². The number of amidine groups is 1. The molecule has 0 N–H and O–H groups in total.